The zero-order valence-electron chi connectivity index (χ0n) is 18.7. The van der Waals surface area contributed by atoms with E-state index in [1.807, 2.05) is 49.4 Å². The lowest BCUT2D eigenvalue weighted by Gasteiger charge is -2.17. The zero-order valence-corrected chi connectivity index (χ0v) is 18.7. The molecule has 4 N–H and O–H groups in total. The smallest absolute Gasteiger partial charge is 0.320 e. The number of imidazole rings is 2. The van der Waals surface area contributed by atoms with Crippen LogP contribution in [0.2, 0.25) is 0 Å². The highest BCUT2D eigenvalue weighted by Gasteiger charge is 2.26. The first-order valence-electron chi connectivity index (χ1n) is 11.2. The predicted octanol–water partition coefficient (Wildman–Crippen LogP) is 2.27. The molecule has 0 aliphatic carbocycles. The van der Waals surface area contributed by atoms with Crippen LogP contribution >= 0.6 is 0 Å². The Bertz CT molecular complexity index is 1310. The molecular weight excluding hydrogens is 434 g/mol. The summed E-state index contributed by atoms with van der Waals surface area (Å²) in [7, 11) is 0. The van der Waals surface area contributed by atoms with Gasteiger partial charge in [-0.05, 0) is 31.0 Å². The predicted molar refractivity (Wildman–Crippen MR) is 128 cm³/mol. The second-order valence-corrected chi connectivity index (χ2v) is 8.02. The Balaban J connectivity index is 1.21. The van der Waals surface area contributed by atoms with Crippen molar-refractivity contribution in [3.05, 3.63) is 60.7 Å². The summed E-state index contributed by atoms with van der Waals surface area (Å²) in [5.41, 5.74) is 2.41. The van der Waals surface area contributed by atoms with Crippen molar-refractivity contribution in [2.24, 2.45) is 0 Å². The highest BCUT2D eigenvalue weighted by Crippen LogP contribution is 2.20. The number of aromatic amines is 1. The Labute approximate surface area is 195 Å². The highest BCUT2D eigenvalue weighted by molar-refractivity contribution is 5.91. The molecule has 0 bridgehead atoms. The summed E-state index contributed by atoms with van der Waals surface area (Å²) in [5.74, 6) is 1.27. The molecule has 11 nitrogen and oxygen atoms in total. The molecule has 0 unspecified atom stereocenters. The first-order valence-corrected chi connectivity index (χ1v) is 11.2. The molecule has 1 aliphatic heterocycles. The molecule has 174 valence electrons. The van der Waals surface area contributed by atoms with Crippen LogP contribution in [-0.4, -0.2) is 62.2 Å². The third-order valence-electron chi connectivity index (χ3n) is 5.61. The number of H-pyrrole nitrogens is 1. The Hall–Kier alpha value is -4.41. The Morgan fingerprint density at radius 1 is 1.18 bits per heavy atom. The summed E-state index contributed by atoms with van der Waals surface area (Å²) < 4.78 is 1.64. The fourth-order valence-corrected chi connectivity index (χ4v) is 3.96. The molecule has 5 rings (SSSR count). The van der Waals surface area contributed by atoms with Crippen LogP contribution in [0.4, 0.5) is 16.4 Å². The van der Waals surface area contributed by atoms with Crippen LogP contribution in [-0.2, 0) is 0 Å². The molecule has 1 aromatic carbocycles. The summed E-state index contributed by atoms with van der Waals surface area (Å²) in [5, 5.41) is 13.0. The number of carbonyl (C=O) groups excluding carboxylic acids is 2. The number of carbonyl (C=O) groups is 2. The van der Waals surface area contributed by atoms with E-state index in [2.05, 4.69) is 40.9 Å². The van der Waals surface area contributed by atoms with Crippen molar-refractivity contribution in [3.63, 3.8) is 0 Å². The molecule has 1 saturated heterocycles. The van der Waals surface area contributed by atoms with Gasteiger partial charge in [-0.3, -0.25) is 10.1 Å². The van der Waals surface area contributed by atoms with Crippen LogP contribution in [0, 0.1) is 0 Å². The van der Waals surface area contributed by atoms with E-state index in [1.54, 1.807) is 16.9 Å². The van der Waals surface area contributed by atoms with Gasteiger partial charge in [-0.1, -0.05) is 30.3 Å². The molecule has 0 saturated carbocycles. The number of benzene rings is 1. The Morgan fingerprint density at radius 2 is 2.03 bits per heavy atom. The molecule has 1 atom stereocenters. The summed E-state index contributed by atoms with van der Waals surface area (Å²) >= 11 is 0. The maximum Gasteiger partial charge on any atom is 0.320 e. The highest BCUT2D eigenvalue weighted by atomic mass is 16.2. The largest absolute Gasteiger partial charge is 0.353 e. The fourth-order valence-electron chi connectivity index (χ4n) is 3.96. The maximum absolute atomic E-state index is 12.7. The quantitative estimate of drug-likeness (QED) is 0.350. The van der Waals surface area contributed by atoms with E-state index in [-0.39, 0.29) is 18.0 Å². The van der Waals surface area contributed by atoms with Crippen molar-refractivity contribution in [2.45, 2.75) is 19.4 Å². The third kappa shape index (κ3) is 4.53. The lowest BCUT2D eigenvalue weighted by molar-refractivity contribution is 0.0931. The fraction of sp³-hybridized carbons (Fsp3) is 0.261. The number of anilines is 2. The number of rotatable bonds is 6. The summed E-state index contributed by atoms with van der Waals surface area (Å²) in [4.78, 5) is 38.2. The van der Waals surface area contributed by atoms with Crippen molar-refractivity contribution in [1.29, 1.82) is 0 Å². The standard InChI is InChI=1S/C23H25N9O2/c1-2-24-23(34)29-18-14-32-19(28-18)8-9-20(30-32)31-11-10-16(13-31)26-22(33)21-25-12-17(27-21)15-6-4-3-5-7-15/h3-9,12,14,16H,2,10-11,13H2,1H3,(H,25,27)(H,26,33)(H2,24,29,34)/t16-/m0/s1. The van der Waals surface area contributed by atoms with E-state index in [4.69, 9.17) is 0 Å². The molecule has 1 aliphatic rings. The SMILES string of the molecule is CCNC(=O)Nc1cn2nc(N3CC[C@H](NC(=O)c4ncc(-c5ccccc5)[nH]4)C3)ccc2n1. The van der Waals surface area contributed by atoms with Gasteiger partial charge < -0.3 is 20.5 Å². The summed E-state index contributed by atoms with van der Waals surface area (Å²) in [6.45, 7) is 3.77. The number of hydrogen-bond acceptors (Lipinski definition) is 6. The van der Waals surface area contributed by atoms with Crippen LogP contribution in [0.1, 0.15) is 24.0 Å². The first kappa shape index (κ1) is 21.4. The van der Waals surface area contributed by atoms with Crippen LogP contribution in [0.15, 0.2) is 54.9 Å². The van der Waals surface area contributed by atoms with Gasteiger partial charge in [0.05, 0.1) is 18.1 Å². The van der Waals surface area contributed by atoms with Gasteiger partial charge in [-0.2, -0.15) is 0 Å². The van der Waals surface area contributed by atoms with Crippen LogP contribution in [0.5, 0.6) is 0 Å². The molecule has 0 radical (unpaired) electrons. The second kappa shape index (κ2) is 9.22. The van der Waals surface area contributed by atoms with Gasteiger partial charge in [0.1, 0.15) is 5.82 Å². The van der Waals surface area contributed by atoms with Crippen LogP contribution in [0.25, 0.3) is 16.9 Å². The topological polar surface area (TPSA) is 132 Å². The van der Waals surface area contributed by atoms with E-state index < -0.39 is 0 Å². The molecule has 3 aromatic heterocycles. The van der Waals surface area contributed by atoms with Gasteiger partial charge in [-0.15, -0.1) is 5.10 Å². The third-order valence-corrected chi connectivity index (χ3v) is 5.61. The number of nitrogens with zero attached hydrogens (tertiary/aromatic N) is 5. The van der Waals surface area contributed by atoms with Crippen molar-refractivity contribution >= 4 is 29.2 Å². The second-order valence-electron chi connectivity index (χ2n) is 8.02. The van der Waals surface area contributed by atoms with Crippen molar-refractivity contribution in [1.82, 2.24) is 35.2 Å². The number of urea groups is 1. The van der Waals surface area contributed by atoms with Gasteiger partial charge in [-0.25, -0.2) is 19.3 Å². The van der Waals surface area contributed by atoms with Crippen molar-refractivity contribution < 1.29 is 9.59 Å². The van der Waals surface area contributed by atoms with E-state index in [0.29, 0.717) is 30.4 Å². The van der Waals surface area contributed by atoms with Crippen LogP contribution < -0.4 is 20.9 Å². The number of amides is 3. The van der Waals surface area contributed by atoms with E-state index in [0.717, 1.165) is 30.0 Å². The van der Waals surface area contributed by atoms with Crippen LogP contribution in [0.3, 0.4) is 0 Å². The molecule has 4 heterocycles. The number of fused-ring (bicyclic) bond motifs is 1. The first-order chi connectivity index (χ1) is 16.6. The molecule has 0 spiro atoms. The molecule has 4 aromatic rings. The van der Waals surface area contributed by atoms with E-state index in [9.17, 15) is 9.59 Å². The number of nitrogens with one attached hydrogen (secondary N) is 4. The number of hydrogen-bond donors (Lipinski definition) is 4. The van der Waals surface area contributed by atoms with E-state index >= 15 is 0 Å². The molecular formula is C23H25N9O2. The molecule has 11 heteroatoms. The Kier molecular flexibility index (Phi) is 5.81. The van der Waals surface area contributed by atoms with Gasteiger partial charge >= 0.3 is 6.03 Å². The van der Waals surface area contributed by atoms with Gasteiger partial charge in [0, 0.05) is 25.7 Å². The molecule has 34 heavy (non-hydrogen) atoms. The van der Waals surface area contributed by atoms with Gasteiger partial charge in [0.25, 0.3) is 5.91 Å². The monoisotopic (exact) mass is 459 g/mol. The summed E-state index contributed by atoms with van der Waals surface area (Å²) in [6, 6.07) is 13.2. The van der Waals surface area contributed by atoms with Crippen molar-refractivity contribution in [3.8, 4) is 11.3 Å². The van der Waals surface area contributed by atoms with Gasteiger partial charge in [0.2, 0.25) is 0 Å². The number of aromatic nitrogens is 5. The average Bonchev–Trinajstić information content (AvgIpc) is 3.58. The average molecular weight is 460 g/mol. The normalized spacial score (nSPS) is 15.4. The van der Waals surface area contributed by atoms with E-state index in [1.165, 1.54) is 0 Å². The lowest BCUT2D eigenvalue weighted by Crippen LogP contribution is -2.37. The minimum absolute atomic E-state index is 0.0203. The lowest BCUT2D eigenvalue weighted by atomic mass is 10.2. The zero-order chi connectivity index (χ0) is 23.5. The minimum atomic E-state index is -0.309. The maximum atomic E-state index is 12.7. The van der Waals surface area contributed by atoms with Crippen molar-refractivity contribution in [2.75, 3.05) is 29.9 Å². The minimum Gasteiger partial charge on any atom is -0.353 e. The molecule has 1 fully saturated rings. The Morgan fingerprint density at radius 3 is 2.85 bits per heavy atom. The van der Waals surface area contributed by atoms with Gasteiger partial charge in [0.15, 0.2) is 17.3 Å². The molecule has 3 amide bonds. The summed E-state index contributed by atoms with van der Waals surface area (Å²) in [6.07, 6.45) is 4.14.